The molecule has 1 saturated heterocycles. The second-order valence-corrected chi connectivity index (χ2v) is 7.16. The van der Waals surface area contributed by atoms with E-state index in [-0.39, 0.29) is 12.0 Å². The van der Waals surface area contributed by atoms with Crippen LogP contribution in [0.3, 0.4) is 0 Å². The van der Waals surface area contributed by atoms with Gasteiger partial charge in [-0.25, -0.2) is 0 Å². The van der Waals surface area contributed by atoms with Gasteiger partial charge in [0.05, 0.1) is 12.7 Å². The fourth-order valence-electron chi connectivity index (χ4n) is 3.44. The number of carboxylic acid groups (broad SMARTS) is 1. The van der Waals surface area contributed by atoms with Crippen LogP contribution in [-0.2, 0) is 20.9 Å². The first-order chi connectivity index (χ1) is 12.0. The Morgan fingerprint density at radius 3 is 2.64 bits per heavy atom. The topological polar surface area (TPSA) is 78.9 Å². The summed E-state index contributed by atoms with van der Waals surface area (Å²) in [5, 5.41) is 12.1. The fraction of sp³-hybridized carbons (Fsp3) is 0.579. The van der Waals surface area contributed by atoms with E-state index in [1.807, 2.05) is 0 Å². The zero-order chi connectivity index (χ0) is 17.9. The molecule has 2 fully saturated rings. The second kappa shape index (κ2) is 7.54. The lowest BCUT2D eigenvalue weighted by Crippen LogP contribution is -2.54. The highest BCUT2D eigenvalue weighted by Gasteiger charge is 2.51. The minimum Gasteiger partial charge on any atom is -0.480 e. The number of carboxylic acids is 1. The molecular formula is C19H26N2O4. The van der Waals surface area contributed by atoms with Crippen molar-refractivity contribution in [2.75, 3.05) is 26.2 Å². The minimum atomic E-state index is -1.21. The predicted molar refractivity (Wildman–Crippen MR) is 93.1 cm³/mol. The molecule has 2 aliphatic rings. The van der Waals surface area contributed by atoms with Crippen LogP contribution in [0.15, 0.2) is 24.3 Å². The highest BCUT2D eigenvalue weighted by Crippen LogP contribution is 2.41. The first-order valence-corrected chi connectivity index (χ1v) is 8.91. The van der Waals surface area contributed by atoms with Crippen LogP contribution >= 0.6 is 0 Å². The summed E-state index contributed by atoms with van der Waals surface area (Å²) >= 11 is 0. The molecule has 1 amide bonds. The molecule has 1 heterocycles. The standard InChI is InChI=1S/C19H26N2O4/c1-14-3-5-15(6-4-14)12-21-9-10-25-16(13-21)11-20-17(22)19(18(23)24)7-2-8-19/h3-6,16H,2,7-13H2,1H3,(H,20,22)(H,23,24). The van der Waals surface area contributed by atoms with Crippen LogP contribution in [0.4, 0.5) is 0 Å². The molecule has 1 aliphatic carbocycles. The monoisotopic (exact) mass is 346 g/mol. The number of nitrogens with zero attached hydrogens (tertiary/aromatic N) is 1. The summed E-state index contributed by atoms with van der Waals surface area (Å²) in [6.45, 7) is 5.50. The maximum atomic E-state index is 12.3. The fourth-order valence-corrected chi connectivity index (χ4v) is 3.44. The van der Waals surface area contributed by atoms with Crippen molar-refractivity contribution in [3.63, 3.8) is 0 Å². The number of carbonyl (C=O) groups is 2. The highest BCUT2D eigenvalue weighted by molar-refractivity contribution is 6.02. The number of aryl methyl sites for hydroxylation is 1. The first kappa shape index (κ1) is 17.9. The van der Waals surface area contributed by atoms with E-state index in [0.717, 1.165) is 26.1 Å². The molecule has 0 spiro atoms. The van der Waals surface area contributed by atoms with Crippen molar-refractivity contribution in [2.24, 2.45) is 5.41 Å². The molecule has 2 N–H and O–H groups in total. The number of hydrogen-bond acceptors (Lipinski definition) is 4. The third kappa shape index (κ3) is 4.02. The van der Waals surface area contributed by atoms with Gasteiger partial charge in [0.15, 0.2) is 0 Å². The van der Waals surface area contributed by atoms with E-state index in [4.69, 9.17) is 4.74 Å². The van der Waals surface area contributed by atoms with Crippen LogP contribution in [-0.4, -0.2) is 54.2 Å². The Kier molecular flexibility index (Phi) is 5.39. The van der Waals surface area contributed by atoms with Gasteiger partial charge in [0.1, 0.15) is 5.41 Å². The van der Waals surface area contributed by atoms with Crippen LogP contribution in [0.1, 0.15) is 30.4 Å². The lowest BCUT2D eigenvalue weighted by molar-refractivity contribution is -0.162. The molecule has 6 nitrogen and oxygen atoms in total. The number of benzene rings is 1. The number of hydrogen-bond donors (Lipinski definition) is 2. The van der Waals surface area contributed by atoms with E-state index in [2.05, 4.69) is 41.4 Å². The Bertz CT molecular complexity index is 625. The molecule has 3 rings (SSSR count). The van der Waals surface area contributed by atoms with Crippen LogP contribution in [0.2, 0.25) is 0 Å². The molecule has 136 valence electrons. The molecule has 1 saturated carbocycles. The molecule has 6 heteroatoms. The molecule has 1 atom stereocenters. The molecule has 25 heavy (non-hydrogen) atoms. The first-order valence-electron chi connectivity index (χ1n) is 8.91. The Labute approximate surface area is 148 Å². The normalized spacial score (nSPS) is 22.8. The SMILES string of the molecule is Cc1ccc(CN2CCOC(CNC(=O)C3(C(=O)O)CCC3)C2)cc1. The van der Waals surface area contributed by atoms with Crippen molar-refractivity contribution in [1.29, 1.82) is 0 Å². The molecule has 0 radical (unpaired) electrons. The number of rotatable bonds is 6. The molecular weight excluding hydrogens is 320 g/mol. The Morgan fingerprint density at radius 1 is 1.32 bits per heavy atom. The van der Waals surface area contributed by atoms with Crippen molar-refractivity contribution < 1.29 is 19.4 Å². The number of nitrogens with one attached hydrogen (secondary N) is 1. The lowest BCUT2D eigenvalue weighted by Gasteiger charge is -2.37. The Hall–Kier alpha value is -1.92. The maximum absolute atomic E-state index is 12.3. The summed E-state index contributed by atoms with van der Waals surface area (Å²) in [6.07, 6.45) is 1.55. The molecule has 1 aromatic rings. The quantitative estimate of drug-likeness (QED) is 0.765. The molecule has 1 unspecified atom stereocenters. The maximum Gasteiger partial charge on any atom is 0.319 e. The lowest BCUT2D eigenvalue weighted by atomic mass is 9.68. The van der Waals surface area contributed by atoms with Gasteiger partial charge in [0.25, 0.3) is 0 Å². The summed E-state index contributed by atoms with van der Waals surface area (Å²) in [6, 6.07) is 8.48. The van der Waals surface area contributed by atoms with Crippen LogP contribution in [0.25, 0.3) is 0 Å². The zero-order valence-electron chi connectivity index (χ0n) is 14.7. The third-order valence-corrected chi connectivity index (χ3v) is 5.29. The van der Waals surface area contributed by atoms with Crippen molar-refractivity contribution in [1.82, 2.24) is 10.2 Å². The van der Waals surface area contributed by atoms with Gasteiger partial charge < -0.3 is 15.2 Å². The number of morpholine rings is 1. The van der Waals surface area contributed by atoms with E-state index in [1.165, 1.54) is 11.1 Å². The van der Waals surface area contributed by atoms with Gasteiger partial charge in [0, 0.05) is 26.2 Å². The van der Waals surface area contributed by atoms with Gasteiger partial charge in [-0.15, -0.1) is 0 Å². The number of amides is 1. The summed E-state index contributed by atoms with van der Waals surface area (Å²) < 4.78 is 5.74. The van der Waals surface area contributed by atoms with E-state index >= 15 is 0 Å². The largest absolute Gasteiger partial charge is 0.480 e. The molecule has 0 aromatic heterocycles. The van der Waals surface area contributed by atoms with Gasteiger partial charge in [-0.3, -0.25) is 14.5 Å². The Morgan fingerprint density at radius 2 is 2.04 bits per heavy atom. The minimum absolute atomic E-state index is 0.103. The summed E-state index contributed by atoms with van der Waals surface area (Å²) in [5.74, 6) is -1.38. The van der Waals surface area contributed by atoms with Crippen molar-refractivity contribution in [3.05, 3.63) is 35.4 Å². The van der Waals surface area contributed by atoms with Gasteiger partial charge in [-0.05, 0) is 25.3 Å². The number of aliphatic carboxylic acids is 1. The number of ether oxygens (including phenoxy) is 1. The van der Waals surface area contributed by atoms with Gasteiger partial charge in [-0.1, -0.05) is 36.2 Å². The van der Waals surface area contributed by atoms with Gasteiger partial charge in [-0.2, -0.15) is 0 Å². The third-order valence-electron chi connectivity index (χ3n) is 5.29. The van der Waals surface area contributed by atoms with E-state index in [9.17, 15) is 14.7 Å². The van der Waals surface area contributed by atoms with E-state index < -0.39 is 11.4 Å². The van der Waals surface area contributed by atoms with E-state index in [1.54, 1.807) is 0 Å². The summed E-state index contributed by atoms with van der Waals surface area (Å²) in [7, 11) is 0. The summed E-state index contributed by atoms with van der Waals surface area (Å²) in [4.78, 5) is 26.0. The van der Waals surface area contributed by atoms with Crippen molar-refractivity contribution in [3.8, 4) is 0 Å². The zero-order valence-corrected chi connectivity index (χ0v) is 14.7. The number of carbonyl (C=O) groups excluding carboxylic acids is 1. The summed E-state index contributed by atoms with van der Waals surface area (Å²) in [5.41, 5.74) is 1.29. The second-order valence-electron chi connectivity index (χ2n) is 7.16. The molecule has 0 bridgehead atoms. The average molecular weight is 346 g/mol. The van der Waals surface area contributed by atoms with Gasteiger partial charge in [0.2, 0.25) is 5.91 Å². The van der Waals surface area contributed by atoms with E-state index in [0.29, 0.717) is 26.0 Å². The predicted octanol–water partition coefficient (Wildman–Crippen LogP) is 1.57. The van der Waals surface area contributed by atoms with Crippen LogP contribution < -0.4 is 5.32 Å². The highest BCUT2D eigenvalue weighted by atomic mass is 16.5. The van der Waals surface area contributed by atoms with Crippen molar-refractivity contribution >= 4 is 11.9 Å². The Balaban J connectivity index is 1.49. The van der Waals surface area contributed by atoms with Crippen LogP contribution in [0.5, 0.6) is 0 Å². The molecule has 1 aliphatic heterocycles. The van der Waals surface area contributed by atoms with Crippen LogP contribution in [0, 0.1) is 12.3 Å². The molecule has 1 aromatic carbocycles. The smallest absolute Gasteiger partial charge is 0.319 e. The van der Waals surface area contributed by atoms with Gasteiger partial charge >= 0.3 is 5.97 Å². The average Bonchev–Trinajstić information content (AvgIpc) is 2.54. The van der Waals surface area contributed by atoms with Crippen molar-refractivity contribution in [2.45, 2.75) is 38.8 Å².